The number of ketones is 1. The first-order valence-corrected chi connectivity index (χ1v) is 6.11. The molecule has 0 amide bonds. The maximum absolute atomic E-state index is 11.2. The molecule has 2 rings (SSSR count). The molecule has 0 aliphatic carbocycles. The fraction of sp³-hybridized carbons (Fsp3) is 0.500. The lowest BCUT2D eigenvalue weighted by Gasteiger charge is -2.11. The molecule has 3 nitrogen and oxygen atoms in total. The fourth-order valence-electron chi connectivity index (χ4n) is 1.99. The van der Waals surface area contributed by atoms with E-state index in [0.29, 0.717) is 18.3 Å². The Morgan fingerprint density at radius 1 is 1.53 bits per heavy atom. The minimum atomic E-state index is 0.0644. The smallest absolute Gasteiger partial charge is 0.159 e. The molecule has 0 bridgehead atoms. The molecule has 1 atom stereocenters. The van der Waals surface area contributed by atoms with Crippen LogP contribution in [0.1, 0.15) is 36.5 Å². The standard InChI is InChI=1S/C14H18O3/c1-11(15)12-4-2-5-14(10-12)17-9-7-13-6-3-8-16-13/h2,4-5,10,13H,3,6-9H2,1H3. The van der Waals surface area contributed by atoms with Crippen molar-refractivity contribution in [3.8, 4) is 5.75 Å². The van der Waals surface area contributed by atoms with Gasteiger partial charge in [0.05, 0.1) is 12.7 Å². The Bertz CT molecular complexity index is 381. The molecule has 1 fully saturated rings. The van der Waals surface area contributed by atoms with Crippen LogP contribution in [0, 0.1) is 0 Å². The topological polar surface area (TPSA) is 35.5 Å². The van der Waals surface area contributed by atoms with Gasteiger partial charge in [-0.1, -0.05) is 12.1 Å². The zero-order chi connectivity index (χ0) is 12.1. The lowest BCUT2D eigenvalue weighted by Crippen LogP contribution is -2.10. The molecule has 1 saturated heterocycles. The van der Waals surface area contributed by atoms with E-state index in [1.807, 2.05) is 12.1 Å². The summed E-state index contributed by atoms with van der Waals surface area (Å²) in [5, 5.41) is 0. The highest BCUT2D eigenvalue weighted by Crippen LogP contribution is 2.17. The molecule has 17 heavy (non-hydrogen) atoms. The van der Waals surface area contributed by atoms with Gasteiger partial charge in [0.2, 0.25) is 0 Å². The van der Waals surface area contributed by atoms with Gasteiger partial charge in [0.15, 0.2) is 5.78 Å². The highest BCUT2D eigenvalue weighted by Gasteiger charge is 2.15. The van der Waals surface area contributed by atoms with Gasteiger partial charge >= 0.3 is 0 Å². The van der Waals surface area contributed by atoms with Crippen molar-refractivity contribution >= 4 is 5.78 Å². The zero-order valence-electron chi connectivity index (χ0n) is 10.1. The van der Waals surface area contributed by atoms with E-state index in [0.717, 1.165) is 31.6 Å². The molecule has 0 N–H and O–H groups in total. The third-order valence-electron chi connectivity index (χ3n) is 2.97. The van der Waals surface area contributed by atoms with Crippen LogP contribution < -0.4 is 4.74 Å². The third kappa shape index (κ3) is 3.56. The van der Waals surface area contributed by atoms with Crippen molar-refractivity contribution in [2.45, 2.75) is 32.3 Å². The maximum atomic E-state index is 11.2. The second-order valence-electron chi connectivity index (χ2n) is 4.36. The van der Waals surface area contributed by atoms with E-state index in [9.17, 15) is 4.79 Å². The minimum absolute atomic E-state index is 0.0644. The van der Waals surface area contributed by atoms with E-state index >= 15 is 0 Å². The van der Waals surface area contributed by atoms with Crippen molar-refractivity contribution in [1.82, 2.24) is 0 Å². The van der Waals surface area contributed by atoms with Gasteiger partial charge in [0, 0.05) is 18.6 Å². The van der Waals surface area contributed by atoms with Crippen molar-refractivity contribution in [2.75, 3.05) is 13.2 Å². The Morgan fingerprint density at radius 2 is 2.41 bits per heavy atom. The molecular weight excluding hydrogens is 216 g/mol. The van der Waals surface area contributed by atoms with Crippen molar-refractivity contribution in [1.29, 1.82) is 0 Å². The van der Waals surface area contributed by atoms with Crippen LogP contribution in [-0.2, 0) is 4.74 Å². The molecular formula is C14H18O3. The van der Waals surface area contributed by atoms with Crippen molar-refractivity contribution in [2.24, 2.45) is 0 Å². The highest BCUT2D eigenvalue weighted by molar-refractivity contribution is 5.94. The van der Waals surface area contributed by atoms with Crippen LogP contribution in [0.5, 0.6) is 5.75 Å². The third-order valence-corrected chi connectivity index (χ3v) is 2.97. The SMILES string of the molecule is CC(=O)c1cccc(OCCC2CCCO2)c1. The van der Waals surface area contributed by atoms with Crippen molar-refractivity contribution in [3.63, 3.8) is 0 Å². The monoisotopic (exact) mass is 234 g/mol. The van der Waals surface area contributed by atoms with Crippen molar-refractivity contribution in [3.05, 3.63) is 29.8 Å². The second-order valence-corrected chi connectivity index (χ2v) is 4.36. The van der Waals surface area contributed by atoms with Crippen LogP contribution in [0.2, 0.25) is 0 Å². The first kappa shape index (κ1) is 12.1. The molecule has 1 unspecified atom stereocenters. The first-order valence-electron chi connectivity index (χ1n) is 6.11. The molecule has 3 heteroatoms. The van der Waals surface area contributed by atoms with Gasteiger partial charge in [-0.2, -0.15) is 0 Å². The normalized spacial score (nSPS) is 19.2. The number of rotatable bonds is 5. The molecule has 1 heterocycles. The van der Waals surface area contributed by atoms with Crippen LogP contribution in [0.4, 0.5) is 0 Å². The summed E-state index contributed by atoms with van der Waals surface area (Å²) < 4.78 is 11.1. The quantitative estimate of drug-likeness (QED) is 0.735. The van der Waals surface area contributed by atoms with E-state index in [4.69, 9.17) is 9.47 Å². The van der Waals surface area contributed by atoms with Gasteiger partial charge in [-0.3, -0.25) is 4.79 Å². The second kappa shape index (κ2) is 5.82. The van der Waals surface area contributed by atoms with Gasteiger partial charge in [-0.15, -0.1) is 0 Å². The van der Waals surface area contributed by atoms with Crippen LogP contribution >= 0.6 is 0 Å². The van der Waals surface area contributed by atoms with Crippen LogP contribution in [0.3, 0.4) is 0 Å². The number of carbonyl (C=O) groups is 1. The van der Waals surface area contributed by atoms with E-state index < -0.39 is 0 Å². The van der Waals surface area contributed by atoms with Gasteiger partial charge in [0.25, 0.3) is 0 Å². The van der Waals surface area contributed by atoms with Crippen LogP contribution in [-0.4, -0.2) is 25.1 Å². The Morgan fingerprint density at radius 3 is 3.12 bits per heavy atom. The lowest BCUT2D eigenvalue weighted by atomic mass is 10.1. The highest BCUT2D eigenvalue weighted by atomic mass is 16.5. The summed E-state index contributed by atoms with van der Waals surface area (Å²) in [5.41, 5.74) is 0.694. The summed E-state index contributed by atoms with van der Waals surface area (Å²) in [6, 6.07) is 7.31. The average Bonchev–Trinajstić information content (AvgIpc) is 2.82. The van der Waals surface area contributed by atoms with E-state index in [-0.39, 0.29) is 5.78 Å². The average molecular weight is 234 g/mol. The number of Topliss-reactive ketones (excluding diaryl/α,β-unsaturated/α-hetero) is 1. The Hall–Kier alpha value is -1.35. The lowest BCUT2D eigenvalue weighted by molar-refractivity contribution is 0.0902. The molecule has 1 aromatic carbocycles. The molecule has 0 spiro atoms. The Labute approximate surface area is 102 Å². The largest absolute Gasteiger partial charge is 0.493 e. The van der Waals surface area contributed by atoms with Gasteiger partial charge in [-0.05, 0) is 31.9 Å². The zero-order valence-corrected chi connectivity index (χ0v) is 10.1. The Kier molecular flexibility index (Phi) is 4.15. The number of hydrogen-bond donors (Lipinski definition) is 0. The molecule has 1 aromatic rings. The summed E-state index contributed by atoms with van der Waals surface area (Å²) in [6.07, 6.45) is 3.57. The predicted molar refractivity (Wildman–Crippen MR) is 65.5 cm³/mol. The van der Waals surface area contributed by atoms with Crippen LogP contribution in [0.15, 0.2) is 24.3 Å². The first-order chi connectivity index (χ1) is 8.25. The summed E-state index contributed by atoms with van der Waals surface area (Å²) in [6.45, 7) is 3.09. The maximum Gasteiger partial charge on any atom is 0.159 e. The molecule has 1 aliphatic heterocycles. The molecule has 1 aliphatic rings. The Balaban J connectivity index is 1.81. The van der Waals surface area contributed by atoms with Gasteiger partial charge < -0.3 is 9.47 Å². The number of benzene rings is 1. The van der Waals surface area contributed by atoms with Crippen LogP contribution in [0.25, 0.3) is 0 Å². The summed E-state index contributed by atoms with van der Waals surface area (Å²) in [7, 11) is 0. The molecule has 0 radical (unpaired) electrons. The van der Waals surface area contributed by atoms with Gasteiger partial charge in [-0.25, -0.2) is 0 Å². The van der Waals surface area contributed by atoms with Gasteiger partial charge in [0.1, 0.15) is 5.75 Å². The number of ether oxygens (including phenoxy) is 2. The van der Waals surface area contributed by atoms with E-state index in [1.54, 1.807) is 19.1 Å². The predicted octanol–water partition coefficient (Wildman–Crippen LogP) is 2.84. The number of carbonyl (C=O) groups excluding carboxylic acids is 1. The summed E-state index contributed by atoms with van der Waals surface area (Å²) in [5.74, 6) is 0.824. The van der Waals surface area contributed by atoms with E-state index in [2.05, 4.69) is 0 Å². The fourth-order valence-corrected chi connectivity index (χ4v) is 1.99. The molecule has 0 aromatic heterocycles. The summed E-state index contributed by atoms with van der Waals surface area (Å²) in [4.78, 5) is 11.2. The minimum Gasteiger partial charge on any atom is -0.493 e. The summed E-state index contributed by atoms with van der Waals surface area (Å²) >= 11 is 0. The van der Waals surface area contributed by atoms with Crippen molar-refractivity contribution < 1.29 is 14.3 Å². The number of hydrogen-bond acceptors (Lipinski definition) is 3. The molecule has 0 saturated carbocycles. The molecule has 92 valence electrons. The van der Waals surface area contributed by atoms with E-state index in [1.165, 1.54) is 0 Å².